The molecule has 5 nitrogen and oxygen atoms in total. The average Bonchev–Trinajstić information content (AvgIpc) is 2.55. The first kappa shape index (κ1) is 14.8. The Labute approximate surface area is 134 Å². The van der Waals surface area contributed by atoms with Crippen LogP contribution in [0.5, 0.6) is 11.5 Å². The zero-order valence-corrected chi connectivity index (χ0v) is 12.9. The molecule has 0 aliphatic rings. The minimum Gasteiger partial charge on any atom is -0.507 e. The summed E-state index contributed by atoms with van der Waals surface area (Å²) in [5, 5.41) is 10.4. The summed E-state index contributed by atoms with van der Waals surface area (Å²) in [4.78, 5) is 8.46. The quantitative estimate of drug-likeness (QED) is 0.775. The van der Waals surface area contributed by atoms with E-state index in [1.54, 1.807) is 19.4 Å². The number of aryl methyl sites for hydroxylation is 1. The highest BCUT2D eigenvalue weighted by Gasteiger charge is 2.17. The number of ether oxygens (including phenoxy) is 1. The van der Waals surface area contributed by atoms with E-state index >= 15 is 0 Å². The Morgan fingerprint density at radius 2 is 1.87 bits per heavy atom. The fraction of sp³-hybridized carbons (Fsp3) is 0.111. The second-order valence-electron chi connectivity index (χ2n) is 5.19. The highest BCUT2D eigenvalue weighted by Crippen LogP contribution is 2.39. The van der Waals surface area contributed by atoms with Crippen molar-refractivity contribution in [3.8, 4) is 33.9 Å². The molecule has 0 fully saturated rings. The SMILES string of the molecule is COc1cc(C)c(-c2nc(N)ncc2-c2ccccc2)c(O)c1. The molecule has 1 aromatic heterocycles. The van der Waals surface area contributed by atoms with Crippen LogP contribution in [-0.4, -0.2) is 22.2 Å². The molecule has 1 heterocycles. The number of anilines is 1. The maximum atomic E-state index is 10.4. The molecule has 3 aromatic rings. The molecule has 0 saturated heterocycles. The van der Waals surface area contributed by atoms with Gasteiger partial charge in [0.15, 0.2) is 0 Å². The van der Waals surface area contributed by atoms with Crippen LogP contribution in [0.4, 0.5) is 5.95 Å². The van der Waals surface area contributed by atoms with Crippen molar-refractivity contribution >= 4 is 5.95 Å². The Morgan fingerprint density at radius 3 is 2.52 bits per heavy atom. The lowest BCUT2D eigenvalue weighted by molar-refractivity contribution is 0.407. The Morgan fingerprint density at radius 1 is 1.13 bits per heavy atom. The highest BCUT2D eigenvalue weighted by atomic mass is 16.5. The van der Waals surface area contributed by atoms with Gasteiger partial charge in [-0.3, -0.25) is 0 Å². The third kappa shape index (κ3) is 2.81. The van der Waals surface area contributed by atoms with E-state index in [-0.39, 0.29) is 11.7 Å². The Hall–Kier alpha value is -3.08. The van der Waals surface area contributed by atoms with Gasteiger partial charge in [0.1, 0.15) is 11.5 Å². The summed E-state index contributed by atoms with van der Waals surface area (Å²) in [5.74, 6) is 0.846. The molecule has 116 valence electrons. The number of phenols is 1. The standard InChI is InChI=1S/C18H17N3O2/c1-11-8-13(23-2)9-15(22)16(11)17-14(10-20-18(19)21-17)12-6-4-3-5-7-12/h3-10,22H,1-2H3,(H2,19,20,21). The molecular weight excluding hydrogens is 290 g/mol. The van der Waals surface area contributed by atoms with Gasteiger partial charge in [-0.2, -0.15) is 0 Å². The van der Waals surface area contributed by atoms with Crippen molar-refractivity contribution in [1.29, 1.82) is 0 Å². The van der Waals surface area contributed by atoms with Crippen LogP contribution in [0, 0.1) is 6.92 Å². The first-order chi connectivity index (χ1) is 11.1. The van der Waals surface area contributed by atoms with E-state index in [4.69, 9.17) is 10.5 Å². The van der Waals surface area contributed by atoms with Crippen molar-refractivity contribution < 1.29 is 9.84 Å². The number of aromatic nitrogens is 2. The topological polar surface area (TPSA) is 81.3 Å². The van der Waals surface area contributed by atoms with Crippen molar-refractivity contribution in [2.75, 3.05) is 12.8 Å². The number of rotatable bonds is 3. The number of nitrogen functional groups attached to an aromatic ring is 1. The summed E-state index contributed by atoms with van der Waals surface area (Å²) in [6.07, 6.45) is 1.68. The van der Waals surface area contributed by atoms with Crippen LogP contribution >= 0.6 is 0 Å². The summed E-state index contributed by atoms with van der Waals surface area (Å²) >= 11 is 0. The van der Waals surface area contributed by atoms with E-state index in [0.717, 1.165) is 16.7 Å². The number of benzene rings is 2. The summed E-state index contributed by atoms with van der Waals surface area (Å²) < 4.78 is 5.19. The smallest absolute Gasteiger partial charge is 0.220 e. The Bertz CT molecular complexity index is 825. The largest absolute Gasteiger partial charge is 0.507 e. The molecule has 2 aromatic carbocycles. The van der Waals surface area contributed by atoms with Crippen LogP contribution in [0.25, 0.3) is 22.4 Å². The molecular formula is C18H17N3O2. The van der Waals surface area contributed by atoms with Gasteiger partial charge in [0, 0.05) is 23.4 Å². The summed E-state index contributed by atoms with van der Waals surface area (Å²) in [7, 11) is 1.56. The fourth-order valence-corrected chi connectivity index (χ4v) is 2.58. The number of nitrogens with zero attached hydrogens (tertiary/aromatic N) is 2. The zero-order chi connectivity index (χ0) is 16.4. The van der Waals surface area contributed by atoms with E-state index in [2.05, 4.69) is 9.97 Å². The van der Waals surface area contributed by atoms with E-state index < -0.39 is 0 Å². The van der Waals surface area contributed by atoms with Gasteiger partial charge in [-0.05, 0) is 24.1 Å². The highest BCUT2D eigenvalue weighted by molar-refractivity contribution is 5.85. The summed E-state index contributed by atoms with van der Waals surface area (Å²) in [6, 6.07) is 13.2. The van der Waals surface area contributed by atoms with E-state index in [0.29, 0.717) is 17.0 Å². The normalized spacial score (nSPS) is 10.5. The first-order valence-corrected chi connectivity index (χ1v) is 7.16. The molecule has 0 unspecified atom stereocenters. The summed E-state index contributed by atoms with van der Waals surface area (Å²) in [5.41, 5.74) is 9.60. The monoisotopic (exact) mass is 307 g/mol. The van der Waals surface area contributed by atoms with Gasteiger partial charge in [0.2, 0.25) is 5.95 Å². The van der Waals surface area contributed by atoms with Crippen LogP contribution in [0.15, 0.2) is 48.7 Å². The second kappa shape index (κ2) is 5.96. The minimum atomic E-state index is 0.0946. The lowest BCUT2D eigenvalue weighted by Gasteiger charge is -2.14. The lowest BCUT2D eigenvalue weighted by atomic mass is 9.97. The maximum absolute atomic E-state index is 10.4. The molecule has 0 aliphatic heterocycles. The van der Waals surface area contributed by atoms with Crippen molar-refractivity contribution in [2.24, 2.45) is 0 Å². The molecule has 0 spiro atoms. The van der Waals surface area contributed by atoms with Crippen LogP contribution < -0.4 is 10.5 Å². The predicted octanol–water partition coefficient (Wildman–Crippen LogP) is 3.42. The molecule has 0 saturated carbocycles. The van der Waals surface area contributed by atoms with Crippen molar-refractivity contribution in [1.82, 2.24) is 9.97 Å². The first-order valence-electron chi connectivity index (χ1n) is 7.16. The third-order valence-electron chi connectivity index (χ3n) is 3.65. The van der Waals surface area contributed by atoms with E-state index in [9.17, 15) is 5.11 Å². The molecule has 0 aliphatic carbocycles. The van der Waals surface area contributed by atoms with Gasteiger partial charge < -0.3 is 15.6 Å². The molecule has 23 heavy (non-hydrogen) atoms. The van der Waals surface area contributed by atoms with E-state index in [1.807, 2.05) is 43.3 Å². The zero-order valence-electron chi connectivity index (χ0n) is 12.9. The van der Waals surface area contributed by atoms with Crippen molar-refractivity contribution in [2.45, 2.75) is 6.92 Å². The Kier molecular flexibility index (Phi) is 3.85. The van der Waals surface area contributed by atoms with Crippen molar-refractivity contribution in [3.05, 3.63) is 54.2 Å². The fourth-order valence-electron chi connectivity index (χ4n) is 2.58. The van der Waals surface area contributed by atoms with Crippen LogP contribution in [-0.2, 0) is 0 Å². The van der Waals surface area contributed by atoms with Gasteiger partial charge in [-0.25, -0.2) is 9.97 Å². The maximum Gasteiger partial charge on any atom is 0.220 e. The summed E-state index contributed by atoms with van der Waals surface area (Å²) in [6.45, 7) is 1.89. The van der Waals surface area contributed by atoms with E-state index in [1.165, 1.54) is 0 Å². The molecule has 0 radical (unpaired) electrons. The average molecular weight is 307 g/mol. The number of aromatic hydroxyl groups is 1. The van der Waals surface area contributed by atoms with Crippen LogP contribution in [0.3, 0.4) is 0 Å². The molecule has 5 heteroatoms. The number of nitrogens with two attached hydrogens (primary N) is 1. The van der Waals surface area contributed by atoms with Gasteiger partial charge in [-0.15, -0.1) is 0 Å². The number of hydrogen-bond acceptors (Lipinski definition) is 5. The van der Waals surface area contributed by atoms with Gasteiger partial charge in [-0.1, -0.05) is 30.3 Å². The van der Waals surface area contributed by atoms with Crippen LogP contribution in [0.1, 0.15) is 5.56 Å². The number of methoxy groups -OCH3 is 1. The Balaban J connectivity index is 2.27. The molecule has 0 amide bonds. The van der Waals surface area contributed by atoms with Gasteiger partial charge in [0.25, 0.3) is 0 Å². The number of hydrogen-bond donors (Lipinski definition) is 2. The van der Waals surface area contributed by atoms with Gasteiger partial charge >= 0.3 is 0 Å². The molecule has 0 bridgehead atoms. The molecule has 3 rings (SSSR count). The predicted molar refractivity (Wildman–Crippen MR) is 90.3 cm³/mol. The van der Waals surface area contributed by atoms with Crippen LogP contribution in [0.2, 0.25) is 0 Å². The van der Waals surface area contributed by atoms with Gasteiger partial charge in [0.05, 0.1) is 12.8 Å². The lowest BCUT2D eigenvalue weighted by Crippen LogP contribution is -2.00. The van der Waals surface area contributed by atoms with Crippen molar-refractivity contribution in [3.63, 3.8) is 0 Å². The number of phenolic OH excluding ortho intramolecular Hbond substituents is 1. The third-order valence-corrected chi connectivity index (χ3v) is 3.65. The molecule has 3 N–H and O–H groups in total. The second-order valence-corrected chi connectivity index (χ2v) is 5.19. The molecule has 0 atom stereocenters. The minimum absolute atomic E-state index is 0.0946.